The standard InChI is InChI=1S/C17H13N5O2S/c1-12-7-9-14(10-8-12)25(23,24)17-16-15(11-18-20-17)19-21-22(16)13-5-3-2-4-6-13/h2-11H,1H3. The molecule has 124 valence electrons. The number of benzene rings is 2. The quantitative estimate of drug-likeness (QED) is 0.563. The second-order valence-corrected chi connectivity index (χ2v) is 7.40. The van der Waals surface area contributed by atoms with Crippen molar-refractivity contribution in [2.75, 3.05) is 0 Å². The third kappa shape index (κ3) is 2.56. The molecule has 0 aliphatic rings. The van der Waals surface area contributed by atoms with E-state index in [0.717, 1.165) is 5.56 Å². The fraction of sp³-hybridized carbons (Fsp3) is 0.0588. The number of sulfone groups is 1. The van der Waals surface area contributed by atoms with Crippen molar-refractivity contribution in [3.05, 3.63) is 66.4 Å². The maximum absolute atomic E-state index is 13.1. The molecule has 4 rings (SSSR count). The van der Waals surface area contributed by atoms with Gasteiger partial charge in [0.25, 0.3) is 0 Å². The molecule has 0 radical (unpaired) electrons. The maximum atomic E-state index is 13.1. The molecule has 0 saturated heterocycles. The molecular formula is C17H13N5O2S. The first-order chi connectivity index (χ1) is 12.1. The van der Waals surface area contributed by atoms with Gasteiger partial charge in [-0.25, -0.2) is 13.1 Å². The number of aromatic nitrogens is 5. The van der Waals surface area contributed by atoms with Crippen LogP contribution < -0.4 is 0 Å². The van der Waals surface area contributed by atoms with Crippen molar-refractivity contribution in [2.24, 2.45) is 0 Å². The Balaban J connectivity index is 1.99. The van der Waals surface area contributed by atoms with Crippen LogP contribution in [0.3, 0.4) is 0 Å². The van der Waals surface area contributed by atoms with Crippen LogP contribution in [-0.4, -0.2) is 33.6 Å². The Labute approximate surface area is 143 Å². The lowest BCUT2D eigenvalue weighted by Crippen LogP contribution is -2.09. The van der Waals surface area contributed by atoms with Gasteiger partial charge in [-0.2, -0.15) is 5.10 Å². The second kappa shape index (κ2) is 5.75. The molecule has 0 atom stereocenters. The van der Waals surface area contributed by atoms with Crippen molar-refractivity contribution in [3.63, 3.8) is 0 Å². The fourth-order valence-electron chi connectivity index (χ4n) is 2.52. The van der Waals surface area contributed by atoms with Crippen LogP contribution in [0.2, 0.25) is 0 Å². The van der Waals surface area contributed by atoms with E-state index in [4.69, 9.17) is 0 Å². The smallest absolute Gasteiger partial charge is 0.217 e. The molecule has 0 aliphatic carbocycles. The number of nitrogens with zero attached hydrogens (tertiary/aromatic N) is 5. The maximum Gasteiger partial charge on any atom is 0.227 e. The van der Waals surface area contributed by atoms with Gasteiger partial charge in [0.1, 0.15) is 11.0 Å². The van der Waals surface area contributed by atoms with E-state index in [0.29, 0.717) is 16.7 Å². The molecule has 0 bridgehead atoms. The lowest BCUT2D eigenvalue weighted by atomic mass is 10.2. The van der Waals surface area contributed by atoms with Gasteiger partial charge in [0.2, 0.25) is 14.9 Å². The number of fused-ring (bicyclic) bond motifs is 1. The molecule has 0 spiro atoms. The molecule has 7 nitrogen and oxygen atoms in total. The Kier molecular flexibility index (Phi) is 3.54. The fourth-order valence-corrected chi connectivity index (χ4v) is 3.84. The minimum atomic E-state index is -3.86. The largest absolute Gasteiger partial charge is 0.227 e. The molecule has 0 amide bonds. The van der Waals surface area contributed by atoms with Gasteiger partial charge < -0.3 is 0 Å². The lowest BCUT2D eigenvalue weighted by molar-refractivity contribution is 0.591. The van der Waals surface area contributed by atoms with Crippen molar-refractivity contribution < 1.29 is 8.42 Å². The summed E-state index contributed by atoms with van der Waals surface area (Å²) < 4.78 is 27.6. The summed E-state index contributed by atoms with van der Waals surface area (Å²) in [7, 11) is -3.86. The van der Waals surface area contributed by atoms with Crippen molar-refractivity contribution >= 4 is 20.9 Å². The number of aryl methyl sites for hydroxylation is 1. The van der Waals surface area contributed by atoms with Crippen LogP contribution in [0.1, 0.15) is 5.56 Å². The molecule has 2 heterocycles. The van der Waals surface area contributed by atoms with E-state index in [1.54, 1.807) is 24.3 Å². The Morgan fingerprint density at radius 1 is 0.920 bits per heavy atom. The minimum Gasteiger partial charge on any atom is -0.217 e. The first-order valence-electron chi connectivity index (χ1n) is 7.51. The summed E-state index contributed by atoms with van der Waals surface area (Å²) in [5, 5.41) is 15.6. The van der Waals surface area contributed by atoms with Crippen molar-refractivity contribution in [1.29, 1.82) is 0 Å². The van der Waals surface area contributed by atoms with Crippen LogP contribution in [0.15, 0.2) is 70.7 Å². The zero-order valence-electron chi connectivity index (χ0n) is 13.2. The molecular weight excluding hydrogens is 338 g/mol. The highest BCUT2D eigenvalue weighted by Crippen LogP contribution is 2.26. The number of hydrogen-bond acceptors (Lipinski definition) is 6. The van der Waals surface area contributed by atoms with Gasteiger partial charge in [0.15, 0.2) is 0 Å². The summed E-state index contributed by atoms with van der Waals surface area (Å²) in [6.07, 6.45) is 1.40. The van der Waals surface area contributed by atoms with E-state index in [1.807, 2.05) is 37.3 Å². The van der Waals surface area contributed by atoms with Gasteiger partial charge in [0, 0.05) is 0 Å². The van der Waals surface area contributed by atoms with Gasteiger partial charge >= 0.3 is 0 Å². The molecule has 2 aromatic heterocycles. The van der Waals surface area contributed by atoms with E-state index >= 15 is 0 Å². The van der Waals surface area contributed by atoms with Crippen molar-refractivity contribution in [1.82, 2.24) is 25.2 Å². The summed E-state index contributed by atoms with van der Waals surface area (Å²) in [5.41, 5.74) is 2.34. The molecule has 0 fully saturated rings. The Bertz CT molecular complexity index is 1150. The Morgan fingerprint density at radius 2 is 1.64 bits per heavy atom. The summed E-state index contributed by atoms with van der Waals surface area (Å²) in [4.78, 5) is 0.153. The molecule has 0 aliphatic heterocycles. The molecule has 0 saturated carbocycles. The SMILES string of the molecule is Cc1ccc(S(=O)(=O)c2nncc3nnn(-c4ccccc4)c23)cc1. The van der Waals surface area contributed by atoms with Crippen LogP contribution in [0, 0.1) is 6.92 Å². The molecule has 0 N–H and O–H groups in total. The van der Waals surface area contributed by atoms with E-state index < -0.39 is 9.84 Å². The molecule has 4 aromatic rings. The summed E-state index contributed by atoms with van der Waals surface area (Å²) in [6.45, 7) is 1.89. The monoisotopic (exact) mass is 351 g/mol. The first-order valence-corrected chi connectivity index (χ1v) is 9.00. The topological polar surface area (TPSA) is 90.6 Å². The van der Waals surface area contributed by atoms with Crippen LogP contribution in [0.5, 0.6) is 0 Å². The van der Waals surface area contributed by atoms with Gasteiger partial charge in [-0.15, -0.1) is 10.2 Å². The number of para-hydroxylation sites is 1. The van der Waals surface area contributed by atoms with Crippen LogP contribution in [0.25, 0.3) is 16.7 Å². The van der Waals surface area contributed by atoms with Crippen LogP contribution in [-0.2, 0) is 9.84 Å². The lowest BCUT2D eigenvalue weighted by Gasteiger charge is -2.07. The number of rotatable bonds is 3. The predicted molar refractivity (Wildman–Crippen MR) is 91.1 cm³/mol. The first kappa shape index (κ1) is 15.4. The second-order valence-electron chi connectivity index (χ2n) is 5.54. The molecule has 8 heteroatoms. The normalized spacial score (nSPS) is 11.7. The van der Waals surface area contributed by atoms with Crippen molar-refractivity contribution in [2.45, 2.75) is 16.8 Å². The van der Waals surface area contributed by atoms with E-state index in [2.05, 4.69) is 20.5 Å². The Hall–Kier alpha value is -3.13. The van der Waals surface area contributed by atoms with Crippen molar-refractivity contribution in [3.8, 4) is 5.69 Å². The highest BCUT2D eigenvalue weighted by atomic mass is 32.2. The van der Waals surface area contributed by atoms with E-state index in [-0.39, 0.29) is 9.92 Å². The third-order valence-corrected chi connectivity index (χ3v) is 5.49. The van der Waals surface area contributed by atoms with Gasteiger partial charge in [0.05, 0.1) is 16.8 Å². The van der Waals surface area contributed by atoms with Gasteiger partial charge in [-0.05, 0) is 31.2 Å². The van der Waals surface area contributed by atoms with Gasteiger partial charge in [-0.1, -0.05) is 41.1 Å². The predicted octanol–water partition coefficient (Wildman–Crippen LogP) is 2.35. The summed E-state index contributed by atoms with van der Waals surface area (Å²) in [6, 6.07) is 15.8. The third-order valence-electron chi connectivity index (χ3n) is 3.81. The van der Waals surface area contributed by atoms with Crippen LogP contribution >= 0.6 is 0 Å². The van der Waals surface area contributed by atoms with Gasteiger partial charge in [-0.3, -0.25) is 0 Å². The average molecular weight is 351 g/mol. The zero-order valence-corrected chi connectivity index (χ0v) is 14.1. The summed E-state index contributed by atoms with van der Waals surface area (Å²) in [5.74, 6) is 0. The van der Waals surface area contributed by atoms with Crippen LogP contribution in [0.4, 0.5) is 0 Å². The number of hydrogen-bond donors (Lipinski definition) is 0. The van der Waals surface area contributed by atoms with E-state index in [9.17, 15) is 8.42 Å². The van der Waals surface area contributed by atoms with E-state index in [1.165, 1.54) is 10.9 Å². The average Bonchev–Trinajstić information content (AvgIpc) is 3.07. The molecule has 0 unspecified atom stereocenters. The molecule has 25 heavy (non-hydrogen) atoms. The minimum absolute atomic E-state index is 0.153. The zero-order chi connectivity index (χ0) is 17.4. The summed E-state index contributed by atoms with van der Waals surface area (Å²) >= 11 is 0. The highest BCUT2D eigenvalue weighted by molar-refractivity contribution is 7.91. The Morgan fingerprint density at radius 3 is 2.36 bits per heavy atom. The molecule has 2 aromatic carbocycles. The highest BCUT2D eigenvalue weighted by Gasteiger charge is 2.26.